The number of aromatic nitrogens is 4. The molecule has 19 nitrogen and oxygen atoms in total. The molecule has 0 atom stereocenters. The van der Waals surface area contributed by atoms with Gasteiger partial charge in [-0.1, -0.05) is 26.3 Å². The number of allylic oxidation sites excluding steroid dienone is 5. The van der Waals surface area contributed by atoms with Crippen molar-refractivity contribution in [1.82, 2.24) is 19.9 Å². The van der Waals surface area contributed by atoms with Crippen molar-refractivity contribution in [2.24, 2.45) is 15.4 Å². The second-order valence-corrected chi connectivity index (χ2v) is 18.9. The van der Waals surface area contributed by atoms with Crippen LogP contribution >= 0.6 is 23.2 Å². The summed E-state index contributed by atoms with van der Waals surface area (Å²) in [6, 6.07) is 3.74. The minimum Gasteiger partial charge on any atom is -0.744 e. The predicted octanol–water partition coefficient (Wildman–Crippen LogP) is 2.10. The van der Waals surface area contributed by atoms with Crippen LogP contribution in [0.25, 0.3) is 0 Å². The second kappa shape index (κ2) is 20.3. The molecular formula is C40H42Cl2KN9O10S2. The maximum absolute atomic E-state index is 13.4. The molecule has 5 heterocycles. The van der Waals surface area contributed by atoms with Crippen molar-refractivity contribution in [3.8, 4) is 5.75 Å². The number of halogens is 2. The fourth-order valence-corrected chi connectivity index (χ4v) is 8.53. The monoisotopic (exact) mass is 981 g/mol. The Kier molecular flexibility index (Phi) is 16.2. The van der Waals surface area contributed by atoms with Crippen molar-refractivity contribution in [2.75, 3.05) is 31.4 Å². The third-order valence-electron chi connectivity index (χ3n) is 10.5. The molecule has 3 aromatic rings. The summed E-state index contributed by atoms with van der Waals surface area (Å²) in [5.74, 6) is 1.07. The molecule has 0 bridgehead atoms. The molecule has 0 unspecified atom stereocenters. The van der Waals surface area contributed by atoms with E-state index in [0.29, 0.717) is 59.8 Å². The molecule has 0 radical (unpaired) electrons. The number of hydrogen-bond donors (Lipinski definition) is 2. The minimum absolute atomic E-state index is 0. The van der Waals surface area contributed by atoms with Crippen LogP contribution in [0.1, 0.15) is 58.9 Å². The van der Waals surface area contributed by atoms with Crippen LogP contribution in [0.15, 0.2) is 97.8 Å². The maximum Gasteiger partial charge on any atom is 1.00 e. The zero-order valence-electron chi connectivity index (χ0n) is 35.8. The molecule has 0 spiro atoms. The summed E-state index contributed by atoms with van der Waals surface area (Å²) in [7, 11) is -7.18. The Morgan fingerprint density at radius 1 is 0.891 bits per heavy atom. The van der Waals surface area contributed by atoms with Gasteiger partial charge < -0.3 is 28.8 Å². The smallest absolute Gasteiger partial charge is 0.744 e. The summed E-state index contributed by atoms with van der Waals surface area (Å²) in [5.41, 5.74) is 1.20. The average molecular weight is 983 g/mol. The second-order valence-electron chi connectivity index (χ2n) is 15.5. The van der Waals surface area contributed by atoms with Crippen molar-refractivity contribution >= 4 is 84.3 Å². The van der Waals surface area contributed by atoms with Gasteiger partial charge in [0.2, 0.25) is 22.4 Å². The molecule has 24 heteroatoms. The number of nitrogens with zero attached hydrogens (tertiary/aromatic N) is 7. The fourth-order valence-electron chi connectivity index (χ4n) is 7.05. The van der Waals surface area contributed by atoms with E-state index in [2.05, 4.69) is 39.4 Å². The van der Waals surface area contributed by atoms with Crippen LogP contribution in [0.3, 0.4) is 0 Å². The van der Waals surface area contributed by atoms with Crippen molar-refractivity contribution in [2.45, 2.75) is 75.1 Å². The van der Waals surface area contributed by atoms with Gasteiger partial charge in [-0.05, 0) is 97.4 Å². The van der Waals surface area contributed by atoms with Crippen LogP contribution in [-0.4, -0.2) is 89.9 Å². The topological polar surface area (TPSA) is 262 Å². The number of ether oxygens (including phenoxy) is 2. The van der Waals surface area contributed by atoms with E-state index in [-0.39, 0.29) is 80.2 Å². The number of carbonyl (C=O) groups is 2. The van der Waals surface area contributed by atoms with Gasteiger partial charge in [-0.3, -0.25) is 14.9 Å². The van der Waals surface area contributed by atoms with Gasteiger partial charge in [0.25, 0.3) is 5.91 Å². The van der Waals surface area contributed by atoms with Crippen LogP contribution in [-0.2, 0) is 46.5 Å². The first-order chi connectivity index (χ1) is 29.5. The molecule has 1 aromatic carbocycles. The number of unbranched alkanes of at least 4 members (excludes halogenated alkanes) is 2. The van der Waals surface area contributed by atoms with Gasteiger partial charge in [0.05, 0.1) is 46.4 Å². The van der Waals surface area contributed by atoms with Crippen molar-refractivity contribution < 1.29 is 101 Å². The summed E-state index contributed by atoms with van der Waals surface area (Å²) in [6.45, 7) is 8.17. The number of fused-ring (bicyclic) bond motifs is 2. The van der Waals surface area contributed by atoms with Crippen LogP contribution in [0, 0.1) is 5.41 Å². The number of aliphatic imine (C=N–C) groups is 2. The maximum atomic E-state index is 13.4. The Morgan fingerprint density at radius 3 is 2.23 bits per heavy atom. The van der Waals surface area contributed by atoms with E-state index < -0.39 is 59.0 Å². The number of pyridine rings is 1. The molecule has 2 aromatic heterocycles. The molecule has 334 valence electrons. The van der Waals surface area contributed by atoms with Gasteiger partial charge in [0.1, 0.15) is 38.0 Å². The van der Waals surface area contributed by atoms with Gasteiger partial charge in [0, 0.05) is 30.2 Å². The summed E-state index contributed by atoms with van der Waals surface area (Å²) >= 11 is 11.6. The molecule has 0 fully saturated rings. The van der Waals surface area contributed by atoms with E-state index in [4.69, 9.17) is 42.7 Å². The molecule has 2 amide bonds. The zero-order chi connectivity index (χ0) is 46.1. The van der Waals surface area contributed by atoms with Gasteiger partial charge in [-0.15, -0.1) is 0 Å². The number of methoxy groups -OCH3 is 2. The first-order valence-corrected chi connectivity index (χ1v) is 22.7. The third-order valence-corrected chi connectivity index (χ3v) is 12.5. The normalized spacial score (nSPS) is 16.8. The first kappa shape index (κ1) is 51.0. The Morgan fingerprint density at radius 2 is 1.59 bits per heavy atom. The molecule has 2 N–H and O–H groups in total. The van der Waals surface area contributed by atoms with Gasteiger partial charge >= 0.3 is 57.2 Å². The largest absolute Gasteiger partial charge is 1.00 e. The summed E-state index contributed by atoms with van der Waals surface area (Å²) in [4.78, 5) is 47.4. The Labute approximate surface area is 422 Å². The zero-order valence-corrected chi connectivity index (χ0v) is 42.1. The summed E-state index contributed by atoms with van der Waals surface area (Å²) in [6.07, 6.45) is 13.3. The number of rotatable bonds is 16. The fraction of sp³-hybridized carbons (Fsp3) is 0.350. The molecule has 0 aliphatic carbocycles. The molecule has 3 aliphatic heterocycles. The molecule has 64 heavy (non-hydrogen) atoms. The summed E-state index contributed by atoms with van der Waals surface area (Å²) < 4.78 is 83.3. The van der Waals surface area contributed by atoms with Crippen molar-refractivity contribution in [3.05, 3.63) is 94.1 Å². The van der Waals surface area contributed by atoms with E-state index >= 15 is 0 Å². The van der Waals surface area contributed by atoms with Gasteiger partial charge in [-0.25, -0.2) is 26.4 Å². The number of amidine groups is 1. The quantitative estimate of drug-likeness (QED) is 0.0902. The predicted molar refractivity (Wildman–Crippen MR) is 230 cm³/mol. The van der Waals surface area contributed by atoms with E-state index in [1.54, 1.807) is 13.2 Å². The van der Waals surface area contributed by atoms with Crippen molar-refractivity contribution in [3.63, 3.8) is 0 Å². The van der Waals surface area contributed by atoms with Crippen LogP contribution in [0.4, 0.5) is 17.5 Å². The molecular weight excluding hydrogens is 941 g/mol. The van der Waals surface area contributed by atoms with Gasteiger partial charge in [-0.2, -0.15) is 15.0 Å². The number of nitrogens with one attached hydrogen (secondary N) is 2. The van der Waals surface area contributed by atoms with E-state index in [1.807, 2.05) is 49.3 Å². The van der Waals surface area contributed by atoms with Crippen LogP contribution in [0.2, 0.25) is 10.6 Å². The molecule has 6 rings (SSSR count). The molecule has 0 saturated carbocycles. The standard InChI is InChI=1S/C40H43Cl2N9O10S2.K/c1-39(2)26-17-23(60-5)20-50(16-9-7-8-13-32(52)46-38-48-36(41)47-37(42)49-38)34(26)44-30(39)11-10-12-31-40(3,4)27-18-24(61-6)21-51(35(27)45-31)22-33(53)43-28-19-25(62(54,55)56)14-15-29(28)63(57,58)59;/h10-12,14-15,17-21H,7-9,13,16,22H2,1-6H3,(H3-,43,46,47,48,49,52,53,54,55,56,57,58,59);/q;+1/p-1. The Bertz CT molecular complexity index is 2790. The van der Waals surface area contributed by atoms with Crippen LogP contribution < -0.4 is 71.3 Å². The number of amides is 2. The molecule has 0 saturated heterocycles. The summed E-state index contributed by atoms with van der Waals surface area (Å²) in [5, 5.41) is 4.59. The van der Waals surface area contributed by atoms with Crippen molar-refractivity contribution in [1.29, 1.82) is 0 Å². The Balaban J connectivity index is 0.00000771. The van der Waals surface area contributed by atoms with Crippen LogP contribution in [0.5, 0.6) is 5.75 Å². The van der Waals surface area contributed by atoms with E-state index in [9.17, 15) is 35.5 Å². The average Bonchev–Trinajstić information content (AvgIpc) is 3.60. The number of benzene rings is 1. The number of carbonyl (C=O) groups excluding carboxylic acids is 2. The minimum atomic E-state index is -5.18. The third kappa shape index (κ3) is 11.7. The Hall–Kier alpha value is -3.94. The van der Waals surface area contributed by atoms with Gasteiger partial charge in [0.15, 0.2) is 18.0 Å². The number of anilines is 2. The van der Waals surface area contributed by atoms with E-state index in [0.717, 1.165) is 29.9 Å². The SMILES string of the molecule is COC1=CN(CCCCCC(=O)Nc2nc(Cl)nc(Cl)n2)C2=N/C(=C\C=C\C3=Nc4c(cc(OC)c[n+]4CC(=O)Nc4cc(S(=O)(=O)[O-])ccc4S(=O)(=O)[O-])C3(C)C)C(C)(C)C2=C1.[K+]. The molecule has 3 aliphatic rings. The van der Waals surface area contributed by atoms with E-state index in [1.165, 1.54) is 17.9 Å². The number of hydrogen-bond acceptors (Lipinski definition) is 16. The first-order valence-electron chi connectivity index (χ1n) is 19.2.